The first-order valence-electron chi connectivity index (χ1n) is 6.04. The highest BCUT2D eigenvalue weighted by molar-refractivity contribution is 6.20. The number of carbonyl (C=O) groups is 1. The van der Waals surface area contributed by atoms with Gasteiger partial charge in [-0.1, -0.05) is 24.3 Å². The minimum absolute atomic E-state index is 0.175. The van der Waals surface area contributed by atoms with Gasteiger partial charge in [0, 0.05) is 13.5 Å². The van der Waals surface area contributed by atoms with Gasteiger partial charge < -0.3 is 9.47 Å². The maximum atomic E-state index is 11.2. The number of hydrogen-bond acceptors (Lipinski definition) is 3. The molecule has 4 heteroatoms. The molecule has 0 bridgehead atoms. The summed E-state index contributed by atoms with van der Waals surface area (Å²) < 4.78 is 9.95. The van der Waals surface area contributed by atoms with Crippen molar-refractivity contribution in [2.45, 2.75) is 31.7 Å². The molecular weight excluding hydrogens is 252 g/mol. The zero-order chi connectivity index (χ0) is 13.4. The average Bonchev–Trinajstić information content (AvgIpc) is 2.37. The van der Waals surface area contributed by atoms with E-state index in [2.05, 4.69) is 0 Å². The molecule has 0 amide bonds. The molecule has 0 saturated carbocycles. The summed E-state index contributed by atoms with van der Waals surface area (Å²) in [5.41, 5.74) is 2.09. The maximum absolute atomic E-state index is 11.2. The highest BCUT2D eigenvalue weighted by Gasteiger charge is 2.11. The number of rotatable bonds is 7. The van der Waals surface area contributed by atoms with Crippen molar-refractivity contribution in [3.63, 3.8) is 0 Å². The van der Waals surface area contributed by atoms with E-state index in [1.54, 1.807) is 14.0 Å². The molecule has 0 saturated heterocycles. The Hall–Kier alpha value is -1.06. The second-order valence-electron chi connectivity index (χ2n) is 3.99. The highest BCUT2D eigenvalue weighted by atomic mass is 35.5. The third-order valence-corrected chi connectivity index (χ3v) is 3.00. The predicted octanol–water partition coefficient (Wildman–Crippen LogP) is 3.46. The van der Waals surface area contributed by atoms with Crippen LogP contribution in [0.5, 0.6) is 0 Å². The summed E-state index contributed by atoms with van der Waals surface area (Å²) in [4.78, 5) is 11.2. The van der Waals surface area contributed by atoms with Crippen molar-refractivity contribution in [1.29, 1.82) is 0 Å². The van der Waals surface area contributed by atoms with Crippen molar-refractivity contribution in [1.82, 2.24) is 0 Å². The fourth-order valence-corrected chi connectivity index (χ4v) is 1.93. The monoisotopic (exact) mass is 270 g/mol. The summed E-state index contributed by atoms with van der Waals surface area (Å²) in [5.74, 6) is -0.198. The van der Waals surface area contributed by atoms with Crippen LogP contribution in [0.15, 0.2) is 24.3 Å². The van der Waals surface area contributed by atoms with Gasteiger partial charge in [-0.3, -0.25) is 4.79 Å². The lowest BCUT2D eigenvalue weighted by Gasteiger charge is -2.11. The van der Waals surface area contributed by atoms with Crippen LogP contribution >= 0.6 is 11.6 Å². The molecule has 0 aliphatic carbocycles. The number of benzene rings is 1. The summed E-state index contributed by atoms with van der Waals surface area (Å²) in [6, 6.07) is 7.90. The first kappa shape index (κ1) is 15.0. The largest absolute Gasteiger partial charge is 0.466 e. The Morgan fingerprint density at radius 3 is 2.89 bits per heavy atom. The van der Waals surface area contributed by atoms with Crippen LogP contribution in [0.1, 0.15) is 36.3 Å². The van der Waals surface area contributed by atoms with E-state index in [-0.39, 0.29) is 11.3 Å². The van der Waals surface area contributed by atoms with Gasteiger partial charge in [0.25, 0.3) is 0 Å². The molecule has 0 heterocycles. The topological polar surface area (TPSA) is 35.5 Å². The van der Waals surface area contributed by atoms with Crippen molar-refractivity contribution >= 4 is 17.6 Å². The third-order valence-electron chi connectivity index (χ3n) is 2.53. The average molecular weight is 271 g/mol. The summed E-state index contributed by atoms with van der Waals surface area (Å²) in [7, 11) is 1.66. The van der Waals surface area contributed by atoms with Gasteiger partial charge >= 0.3 is 5.97 Å². The minimum Gasteiger partial charge on any atom is -0.466 e. The number of hydrogen-bond donors (Lipinski definition) is 0. The number of methoxy groups -OCH3 is 1. The second kappa shape index (κ2) is 8.11. The number of esters is 1. The zero-order valence-corrected chi connectivity index (χ0v) is 11.6. The Balaban J connectivity index is 2.52. The Morgan fingerprint density at radius 1 is 1.44 bits per heavy atom. The first-order valence-corrected chi connectivity index (χ1v) is 6.48. The highest BCUT2D eigenvalue weighted by Crippen LogP contribution is 2.26. The molecule has 1 unspecified atom stereocenters. The molecule has 1 rings (SSSR count). The van der Waals surface area contributed by atoms with Gasteiger partial charge in [0.1, 0.15) is 0 Å². The molecule has 0 fully saturated rings. The van der Waals surface area contributed by atoms with Gasteiger partial charge in [0.2, 0.25) is 0 Å². The molecular formula is C14H19ClO3. The number of carbonyl (C=O) groups excluding carboxylic acids is 1. The van der Waals surface area contributed by atoms with Crippen molar-refractivity contribution in [2.24, 2.45) is 0 Å². The molecule has 0 aromatic heterocycles. The Bertz CT molecular complexity index is 379. The van der Waals surface area contributed by atoms with Gasteiger partial charge in [-0.15, -0.1) is 11.6 Å². The lowest BCUT2D eigenvalue weighted by Crippen LogP contribution is -2.05. The van der Waals surface area contributed by atoms with Crippen LogP contribution < -0.4 is 0 Å². The van der Waals surface area contributed by atoms with E-state index in [0.717, 1.165) is 11.1 Å². The van der Waals surface area contributed by atoms with Crippen molar-refractivity contribution in [3.05, 3.63) is 35.4 Å². The van der Waals surface area contributed by atoms with Gasteiger partial charge in [0.15, 0.2) is 0 Å². The Morgan fingerprint density at radius 2 is 2.22 bits per heavy atom. The summed E-state index contributed by atoms with van der Waals surface area (Å²) in [5, 5.41) is -0.175. The van der Waals surface area contributed by atoms with Crippen molar-refractivity contribution in [3.8, 4) is 0 Å². The number of ether oxygens (including phenoxy) is 2. The third kappa shape index (κ3) is 5.07. The molecule has 1 atom stereocenters. The molecule has 0 spiro atoms. The molecule has 0 radical (unpaired) electrons. The van der Waals surface area contributed by atoms with E-state index in [1.165, 1.54) is 0 Å². The van der Waals surface area contributed by atoms with Crippen molar-refractivity contribution in [2.75, 3.05) is 13.7 Å². The lowest BCUT2D eigenvalue weighted by molar-refractivity contribution is -0.143. The molecule has 100 valence electrons. The second-order valence-corrected chi connectivity index (χ2v) is 4.52. The van der Waals surface area contributed by atoms with E-state index in [1.807, 2.05) is 24.3 Å². The van der Waals surface area contributed by atoms with Crippen LogP contribution in [0.4, 0.5) is 0 Å². The smallest absolute Gasteiger partial charge is 0.305 e. The SMILES string of the molecule is CCOC(=O)CCC(Cl)c1cccc(COC)c1. The molecule has 1 aromatic carbocycles. The molecule has 0 aliphatic heterocycles. The fourth-order valence-electron chi connectivity index (χ4n) is 1.69. The van der Waals surface area contributed by atoms with Crippen LogP contribution in [0, 0.1) is 0 Å². The van der Waals surface area contributed by atoms with Crippen LogP contribution in [0.2, 0.25) is 0 Å². The molecule has 3 nitrogen and oxygen atoms in total. The molecule has 1 aromatic rings. The van der Waals surface area contributed by atoms with E-state index in [0.29, 0.717) is 26.1 Å². The maximum Gasteiger partial charge on any atom is 0.305 e. The Labute approximate surface area is 113 Å². The van der Waals surface area contributed by atoms with Gasteiger partial charge in [-0.05, 0) is 24.5 Å². The summed E-state index contributed by atoms with van der Waals surface area (Å²) in [6.45, 7) is 2.77. The Kier molecular flexibility index (Phi) is 6.76. The van der Waals surface area contributed by atoms with Crippen molar-refractivity contribution < 1.29 is 14.3 Å². The van der Waals surface area contributed by atoms with E-state index in [4.69, 9.17) is 21.1 Å². The number of halogens is 1. The van der Waals surface area contributed by atoms with Crippen LogP contribution in [-0.4, -0.2) is 19.7 Å². The van der Waals surface area contributed by atoms with E-state index in [9.17, 15) is 4.79 Å². The summed E-state index contributed by atoms with van der Waals surface area (Å²) >= 11 is 6.27. The fraction of sp³-hybridized carbons (Fsp3) is 0.500. The lowest BCUT2D eigenvalue weighted by atomic mass is 10.0. The molecule has 0 aliphatic rings. The predicted molar refractivity (Wildman–Crippen MR) is 71.6 cm³/mol. The molecule has 18 heavy (non-hydrogen) atoms. The normalized spacial score (nSPS) is 12.2. The molecule has 0 N–H and O–H groups in total. The van der Waals surface area contributed by atoms with Gasteiger partial charge in [-0.25, -0.2) is 0 Å². The van der Waals surface area contributed by atoms with E-state index >= 15 is 0 Å². The van der Waals surface area contributed by atoms with Crippen LogP contribution in [0.3, 0.4) is 0 Å². The summed E-state index contributed by atoms with van der Waals surface area (Å²) in [6.07, 6.45) is 0.924. The number of alkyl halides is 1. The quantitative estimate of drug-likeness (QED) is 0.562. The van der Waals surface area contributed by atoms with Crippen LogP contribution in [0.25, 0.3) is 0 Å². The standard InChI is InChI=1S/C14H19ClO3/c1-3-18-14(16)8-7-13(15)12-6-4-5-11(9-12)10-17-2/h4-6,9,13H,3,7-8,10H2,1-2H3. The first-order chi connectivity index (χ1) is 8.67. The van der Waals surface area contributed by atoms with Gasteiger partial charge in [-0.2, -0.15) is 0 Å². The minimum atomic E-state index is -0.198. The van der Waals surface area contributed by atoms with E-state index < -0.39 is 0 Å². The van der Waals surface area contributed by atoms with Gasteiger partial charge in [0.05, 0.1) is 18.6 Å². The zero-order valence-electron chi connectivity index (χ0n) is 10.8. The van der Waals surface area contributed by atoms with Crippen LogP contribution in [-0.2, 0) is 20.9 Å².